The second kappa shape index (κ2) is 11.4. The lowest BCUT2D eigenvalue weighted by molar-refractivity contribution is -0.159. The van der Waals surface area contributed by atoms with Crippen molar-refractivity contribution in [1.82, 2.24) is 20.5 Å². The van der Waals surface area contributed by atoms with Crippen LogP contribution in [0.3, 0.4) is 0 Å². The van der Waals surface area contributed by atoms with Crippen molar-refractivity contribution < 1.29 is 14.4 Å². The van der Waals surface area contributed by atoms with Gasteiger partial charge in [-0.2, -0.15) is 5.01 Å². The first kappa shape index (κ1) is 25.1. The molecule has 0 saturated heterocycles. The minimum absolute atomic E-state index is 0.187. The van der Waals surface area contributed by atoms with E-state index in [4.69, 9.17) is 24.4 Å². The zero-order valence-electron chi connectivity index (χ0n) is 18.4. The fourth-order valence-electron chi connectivity index (χ4n) is 3.06. The number of amides is 3. The lowest BCUT2D eigenvalue weighted by Gasteiger charge is -2.33. The molecule has 9 heteroatoms. The molecule has 0 aliphatic heterocycles. The third kappa shape index (κ3) is 5.95. The number of carbonyl (C=O) groups is 3. The molecule has 0 heterocycles. The van der Waals surface area contributed by atoms with E-state index in [0.29, 0.717) is 10.6 Å². The van der Waals surface area contributed by atoms with Gasteiger partial charge in [0.1, 0.15) is 15.9 Å². The number of thiocarbonyl (C=S) groups is 2. The molecule has 168 valence electrons. The van der Waals surface area contributed by atoms with Crippen molar-refractivity contribution in [2.45, 2.75) is 20.3 Å². The first-order valence-corrected chi connectivity index (χ1v) is 10.8. The molecule has 0 spiro atoms. The third-order valence-electron chi connectivity index (χ3n) is 4.75. The van der Waals surface area contributed by atoms with E-state index in [0.717, 1.165) is 10.6 Å². The van der Waals surface area contributed by atoms with Crippen molar-refractivity contribution >= 4 is 52.1 Å². The molecule has 1 atom stereocenters. The lowest BCUT2D eigenvalue weighted by Crippen LogP contribution is -2.55. The van der Waals surface area contributed by atoms with Gasteiger partial charge in [0.2, 0.25) is 5.91 Å². The summed E-state index contributed by atoms with van der Waals surface area (Å²) < 4.78 is 0. The second-order valence-corrected chi connectivity index (χ2v) is 7.80. The van der Waals surface area contributed by atoms with Crippen LogP contribution in [0.1, 0.15) is 31.4 Å². The molecule has 0 aliphatic rings. The SMILES string of the molecule is CCC(C(=O)NN(C)C(=S)c1ccccc1)C(=O)N(C(C)=O)N(C)C(=S)c1ccccc1. The molecule has 7 nitrogen and oxygen atoms in total. The summed E-state index contributed by atoms with van der Waals surface area (Å²) in [6.07, 6.45) is 0.187. The van der Waals surface area contributed by atoms with Crippen LogP contribution in [0, 0.1) is 5.92 Å². The number of nitrogens with one attached hydrogen (secondary N) is 1. The Labute approximate surface area is 198 Å². The molecule has 32 heavy (non-hydrogen) atoms. The molecule has 0 saturated carbocycles. The lowest BCUT2D eigenvalue weighted by atomic mass is 10.0. The van der Waals surface area contributed by atoms with Crippen molar-refractivity contribution in [3.8, 4) is 0 Å². The summed E-state index contributed by atoms with van der Waals surface area (Å²) in [7, 11) is 3.12. The number of nitrogens with zero attached hydrogens (tertiary/aromatic N) is 3. The van der Waals surface area contributed by atoms with Gasteiger partial charge in [0, 0.05) is 32.1 Å². The van der Waals surface area contributed by atoms with Crippen LogP contribution in [0.2, 0.25) is 0 Å². The predicted molar refractivity (Wildman–Crippen MR) is 131 cm³/mol. The molecular formula is C23H26N4O3S2. The highest BCUT2D eigenvalue weighted by Gasteiger charge is 2.35. The van der Waals surface area contributed by atoms with Crippen LogP contribution in [-0.2, 0) is 14.4 Å². The second-order valence-electron chi connectivity index (χ2n) is 7.03. The number of carbonyl (C=O) groups excluding carboxylic acids is 3. The maximum absolute atomic E-state index is 13.2. The van der Waals surface area contributed by atoms with Crippen LogP contribution in [0.5, 0.6) is 0 Å². The van der Waals surface area contributed by atoms with Crippen LogP contribution in [0.4, 0.5) is 0 Å². The first-order valence-electron chi connectivity index (χ1n) is 10.00. The summed E-state index contributed by atoms with van der Waals surface area (Å²) in [6.45, 7) is 2.95. The monoisotopic (exact) mass is 470 g/mol. The maximum atomic E-state index is 13.2. The number of hydrogen-bond acceptors (Lipinski definition) is 5. The van der Waals surface area contributed by atoms with E-state index in [2.05, 4.69) is 5.43 Å². The average Bonchev–Trinajstić information content (AvgIpc) is 2.79. The van der Waals surface area contributed by atoms with Gasteiger partial charge in [-0.15, -0.1) is 0 Å². The van der Waals surface area contributed by atoms with E-state index < -0.39 is 23.6 Å². The topological polar surface area (TPSA) is 73.0 Å². The van der Waals surface area contributed by atoms with E-state index in [-0.39, 0.29) is 11.4 Å². The third-order valence-corrected chi connectivity index (χ3v) is 5.76. The molecular weight excluding hydrogens is 444 g/mol. The number of rotatable bonds is 5. The van der Waals surface area contributed by atoms with Crippen LogP contribution >= 0.6 is 24.4 Å². The Balaban J connectivity index is 2.18. The number of benzene rings is 2. The smallest absolute Gasteiger partial charge is 0.260 e. The number of hydrogen-bond donors (Lipinski definition) is 1. The van der Waals surface area contributed by atoms with Gasteiger partial charge in [0.05, 0.1) is 0 Å². The van der Waals surface area contributed by atoms with Crippen LogP contribution in [0.15, 0.2) is 60.7 Å². The van der Waals surface area contributed by atoms with E-state index in [1.54, 1.807) is 26.1 Å². The fraction of sp³-hybridized carbons (Fsp3) is 0.261. The standard InChI is InChI=1S/C23H26N4O3S2/c1-5-19(20(29)24-25(3)22(31)17-12-8-6-9-13-17)21(30)27(16(2)28)26(4)23(32)18-14-10-7-11-15-18/h6-15,19H,5H2,1-4H3,(H,24,29). The summed E-state index contributed by atoms with van der Waals surface area (Å²) in [6, 6.07) is 18.2. The highest BCUT2D eigenvalue weighted by Crippen LogP contribution is 2.15. The number of hydrazine groups is 2. The molecule has 2 aromatic rings. The molecule has 3 amide bonds. The Kier molecular flexibility index (Phi) is 8.98. The van der Waals surface area contributed by atoms with Gasteiger partial charge in [-0.05, 0) is 6.42 Å². The van der Waals surface area contributed by atoms with Crippen molar-refractivity contribution in [2.24, 2.45) is 5.92 Å². The van der Waals surface area contributed by atoms with Crippen molar-refractivity contribution in [1.29, 1.82) is 0 Å². The Morgan fingerprint density at radius 3 is 1.78 bits per heavy atom. The first-order chi connectivity index (χ1) is 15.2. The minimum atomic E-state index is -1.11. The summed E-state index contributed by atoms with van der Waals surface area (Å²) in [5.74, 6) is -2.89. The molecule has 0 aromatic heterocycles. The largest absolute Gasteiger partial charge is 0.277 e. The quantitative estimate of drug-likeness (QED) is 0.409. The predicted octanol–water partition coefficient (Wildman–Crippen LogP) is 2.95. The van der Waals surface area contributed by atoms with Gasteiger partial charge in [0.15, 0.2) is 0 Å². The van der Waals surface area contributed by atoms with Gasteiger partial charge >= 0.3 is 0 Å². The van der Waals surface area contributed by atoms with Gasteiger partial charge in [0.25, 0.3) is 11.8 Å². The molecule has 0 aliphatic carbocycles. The molecule has 1 N–H and O–H groups in total. The molecule has 0 radical (unpaired) electrons. The zero-order valence-corrected chi connectivity index (χ0v) is 20.1. The number of imide groups is 1. The van der Waals surface area contributed by atoms with E-state index in [9.17, 15) is 14.4 Å². The van der Waals surface area contributed by atoms with E-state index >= 15 is 0 Å². The van der Waals surface area contributed by atoms with Crippen molar-refractivity contribution in [3.63, 3.8) is 0 Å². The normalized spacial score (nSPS) is 11.1. The van der Waals surface area contributed by atoms with Gasteiger partial charge < -0.3 is 0 Å². The Morgan fingerprint density at radius 1 is 0.875 bits per heavy atom. The van der Waals surface area contributed by atoms with Crippen molar-refractivity contribution in [2.75, 3.05) is 14.1 Å². The van der Waals surface area contributed by atoms with Gasteiger partial charge in [-0.25, -0.2) is 0 Å². The highest BCUT2D eigenvalue weighted by atomic mass is 32.1. The summed E-state index contributed by atoms with van der Waals surface area (Å²) >= 11 is 10.9. The summed E-state index contributed by atoms with van der Waals surface area (Å²) in [5.41, 5.74) is 4.07. The molecule has 0 bridgehead atoms. The minimum Gasteiger partial charge on any atom is -0.277 e. The molecule has 0 fully saturated rings. The van der Waals surface area contributed by atoms with Gasteiger partial charge in [-0.1, -0.05) is 92.0 Å². The highest BCUT2D eigenvalue weighted by molar-refractivity contribution is 7.80. The molecule has 1 unspecified atom stereocenters. The zero-order chi connectivity index (χ0) is 23.8. The van der Waals surface area contributed by atoms with Crippen LogP contribution < -0.4 is 5.43 Å². The Morgan fingerprint density at radius 2 is 1.34 bits per heavy atom. The molecule has 2 aromatic carbocycles. The Hall–Kier alpha value is -3.17. The maximum Gasteiger partial charge on any atom is 0.260 e. The van der Waals surface area contributed by atoms with Crippen LogP contribution in [-0.4, -0.2) is 56.8 Å². The fourth-order valence-corrected chi connectivity index (χ4v) is 3.46. The van der Waals surface area contributed by atoms with E-state index in [1.165, 1.54) is 24.0 Å². The van der Waals surface area contributed by atoms with Gasteiger partial charge in [-0.3, -0.25) is 29.8 Å². The molecule has 2 rings (SSSR count). The average molecular weight is 471 g/mol. The summed E-state index contributed by atoms with van der Waals surface area (Å²) in [4.78, 5) is 39.2. The van der Waals surface area contributed by atoms with E-state index in [1.807, 2.05) is 48.5 Å². The Bertz CT molecular complexity index is 999. The van der Waals surface area contributed by atoms with Crippen molar-refractivity contribution in [3.05, 3.63) is 71.8 Å². The van der Waals surface area contributed by atoms with Crippen LogP contribution in [0.25, 0.3) is 0 Å². The summed E-state index contributed by atoms with van der Waals surface area (Å²) in [5, 5.41) is 3.58.